The van der Waals surface area contributed by atoms with Crippen LogP contribution in [0.2, 0.25) is 5.02 Å². The zero-order valence-electron chi connectivity index (χ0n) is 25.3. The second-order valence-corrected chi connectivity index (χ2v) is 13.6. The Labute approximate surface area is 259 Å². The number of hydrogen-bond donors (Lipinski definition) is 1. The van der Waals surface area contributed by atoms with Crippen molar-refractivity contribution in [3.63, 3.8) is 0 Å². The first-order valence-electron chi connectivity index (χ1n) is 14.5. The summed E-state index contributed by atoms with van der Waals surface area (Å²) in [5.74, 6) is -5.74. The topological polar surface area (TPSA) is 113 Å². The number of anilines is 1. The molecule has 6 atom stereocenters. The number of fused-ring (bicyclic) bond motifs is 4. The number of benzene rings is 2. The number of allylic oxidation sites excluding steroid dienone is 2. The lowest BCUT2D eigenvalue weighted by Crippen LogP contribution is -2.49. The lowest BCUT2D eigenvalue weighted by molar-refractivity contribution is -0.145. The molecule has 1 N–H and O–H groups in total. The summed E-state index contributed by atoms with van der Waals surface area (Å²) in [5.41, 5.74) is -1.10. The maximum atomic E-state index is 14.6. The Bertz CT molecular complexity index is 1670. The number of aromatic hydroxyl groups is 1. The molecule has 4 amide bonds. The molecule has 0 aromatic heterocycles. The second kappa shape index (κ2) is 10.1. The van der Waals surface area contributed by atoms with Crippen molar-refractivity contribution in [3.8, 4) is 17.2 Å². The number of carbonyl (C=O) groups is 4. The van der Waals surface area contributed by atoms with Crippen molar-refractivity contribution >= 4 is 40.9 Å². The van der Waals surface area contributed by atoms with Crippen LogP contribution in [0, 0.1) is 34.9 Å². The van der Waals surface area contributed by atoms with Crippen LogP contribution in [-0.2, 0) is 19.2 Å². The third-order valence-corrected chi connectivity index (χ3v) is 10.2. The first-order chi connectivity index (χ1) is 20.7. The van der Waals surface area contributed by atoms with Gasteiger partial charge < -0.3 is 14.6 Å². The molecule has 2 saturated heterocycles. The third kappa shape index (κ3) is 4.02. The first kappa shape index (κ1) is 30.1. The molecular formula is C33H34ClFN2O7. The summed E-state index contributed by atoms with van der Waals surface area (Å²) >= 11 is 6.06. The zero-order chi connectivity index (χ0) is 32.0. The van der Waals surface area contributed by atoms with E-state index in [0.717, 1.165) is 11.0 Å². The number of likely N-dealkylation sites (tertiary alicyclic amines) is 1. The van der Waals surface area contributed by atoms with E-state index in [2.05, 4.69) is 0 Å². The van der Waals surface area contributed by atoms with Gasteiger partial charge in [0.05, 0.1) is 48.1 Å². The maximum Gasteiger partial charge on any atom is 0.241 e. The number of halogens is 2. The number of ether oxygens (including phenoxy) is 2. The van der Waals surface area contributed by atoms with Gasteiger partial charge in [0, 0.05) is 29.2 Å². The molecule has 0 bridgehead atoms. The molecule has 0 radical (unpaired) electrons. The number of nitrogens with zero attached hydrogens (tertiary/aromatic N) is 2. The van der Waals surface area contributed by atoms with Gasteiger partial charge >= 0.3 is 0 Å². The zero-order valence-corrected chi connectivity index (χ0v) is 26.1. The molecule has 44 heavy (non-hydrogen) atoms. The van der Waals surface area contributed by atoms with Crippen molar-refractivity contribution in [3.05, 3.63) is 58.4 Å². The van der Waals surface area contributed by atoms with Crippen LogP contribution in [0.15, 0.2) is 42.0 Å². The molecule has 2 aliphatic heterocycles. The average Bonchev–Trinajstić information content (AvgIpc) is 3.34. The Balaban J connectivity index is 1.57. The van der Waals surface area contributed by atoms with Crippen LogP contribution in [-0.4, -0.2) is 53.4 Å². The predicted molar refractivity (Wildman–Crippen MR) is 159 cm³/mol. The standard InChI is InChI=1S/C33H34ClFN2O7/c1-32(2,3)37-28(39)18-9-8-17-19(25(18)30(37)41)14-20-29(40)36(15-7-10-22(35)21(34)11-15)31(42)33(20,4)27(17)26-23(38)12-16(43-5)13-24(26)44-6/h7-8,10-13,18-20,25,27,38H,9,14H2,1-6H3. The summed E-state index contributed by atoms with van der Waals surface area (Å²) in [6.07, 6.45) is 2.30. The number of carbonyl (C=O) groups excluding carboxylic acids is 4. The Morgan fingerprint density at radius 1 is 1.00 bits per heavy atom. The van der Waals surface area contributed by atoms with Gasteiger partial charge in [-0.1, -0.05) is 23.3 Å². The second-order valence-electron chi connectivity index (χ2n) is 13.2. The third-order valence-electron chi connectivity index (χ3n) is 9.94. The van der Waals surface area contributed by atoms with Gasteiger partial charge in [0.15, 0.2) is 0 Å². The fourth-order valence-electron chi connectivity index (χ4n) is 8.02. The van der Waals surface area contributed by atoms with Gasteiger partial charge in [0.25, 0.3) is 0 Å². The van der Waals surface area contributed by atoms with Gasteiger partial charge in [-0.15, -0.1) is 0 Å². The minimum Gasteiger partial charge on any atom is -0.507 e. The van der Waals surface area contributed by atoms with Gasteiger partial charge in [0.2, 0.25) is 23.6 Å². The lowest BCUT2D eigenvalue weighted by Gasteiger charge is -2.49. The summed E-state index contributed by atoms with van der Waals surface area (Å²) in [6.45, 7) is 7.10. The van der Waals surface area contributed by atoms with Crippen molar-refractivity contribution in [2.75, 3.05) is 19.1 Å². The summed E-state index contributed by atoms with van der Waals surface area (Å²) in [5, 5.41) is 11.2. The predicted octanol–water partition coefficient (Wildman–Crippen LogP) is 5.23. The van der Waals surface area contributed by atoms with E-state index in [1.807, 2.05) is 6.08 Å². The highest BCUT2D eigenvalue weighted by molar-refractivity contribution is 6.31. The summed E-state index contributed by atoms with van der Waals surface area (Å²) in [6, 6.07) is 6.65. The van der Waals surface area contributed by atoms with Crippen LogP contribution in [0.25, 0.3) is 0 Å². The number of phenolic OH excluding ortho intramolecular Hbond substituents is 1. The largest absolute Gasteiger partial charge is 0.507 e. The van der Waals surface area contributed by atoms with Gasteiger partial charge in [-0.05, 0) is 64.7 Å². The van der Waals surface area contributed by atoms with E-state index >= 15 is 0 Å². The van der Waals surface area contributed by atoms with E-state index < -0.39 is 58.2 Å². The van der Waals surface area contributed by atoms with Crippen LogP contribution >= 0.6 is 11.6 Å². The SMILES string of the molecule is COc1cc(O)c(C2C3=CCC4C(=O)N(C(C)(C)C)C(=O)C4C3CC3C(=O)N(c4ccc(F)c(Cl)c4)C(=O)C32C)c(OC)c1. The fraction of sp³-hybridized carbons (Fsp3) is 0.455. The highest BCUT2D eigenvalue weighted by Crippen LogP contribution is 2.65. The van der Waals surface area contributed by atoms with E-state index in [1.165, 1.54) is 37.3 Å². The minimum atomic E-state index is -1.44. The molecule has 3 fully saturated rings. The van der Waals surface area contributed by atoms with Crippen molar-refractivity contribution in [2.24, 2.45) is 29.1 Å². The molecule has 2 aliphatic carbocycles. The maximum absolute atomic E-state index is 14.6. The molecule has 1 saturated carbocycles. The van der Waals surface area contributed by atoms with Crippen molar-refractivity contribution in [2.45, 2.75) is 52.0 Å². The minimum absolute atomic E-state index is 0.118. The van der Waals surface area contributed by atoms with Gasteiger partial charge in [-0.2, -0.15) is 0 Å². The molecule has 11 heteroatoms. The normalized spacial score (nSPS) is 29.8. The molecule has 6 rings (SSSR count). The van der Waals surface area contributed by atoms with Crippen molar-refractivity contribution in [1.29, 1.82) is 0 Å². The molecule has 2 aromatic carbocycles. The van der Waals surface area contributed by atoms with Gasteiger partial charge in [0.1, 0.15) is 23.1 Å². The molecule has 4 aliphatic rings. The van der Waals surface area contributed by atoms with Crippen molar-refractivity contribution in [1.82, 2.24) is 4.90 Å². The highest BCUT2D eigenvalue weighted by atomic mass is 35.5. The van der Waals surface area contributed by atoms with E-state index in [9.17, 15) is 28.7 Å². The number of phenols is 1. The first-order valence-corrected chi connectivity index (χ1v) is 14.9. The van der Waals surface area contributed by atoms with E-state index in [1.54, 1.807) is 33.8 Å². The Morgan fingerprint density at radius 3 is 2.32 bits per heavy atom. The summed E-state index contributed by atoms with van der Waals surface area (Å²) < 4.78 is 25.2. The Morgan fingerprint density at radius 2 is 1.70 bits per heavy atom. The van der Waals surface area contributed by atoms with Crippen LogP contribution < -0.4 is 14.4 Å². The monoisotopic (exact) mass is 624 g/mol. The number of methoxy groups -OCH3 is 2. The molecule has 9 nitrogen and oxygen atoms in total. The molecular weight excluding hydrogens is 591 g/mol. The quantitative estimate of drug-likeness (QED) is 0.366. The van der Waals surface area contributed by atoms with Crippen molar-refractivity contribution < 1.29 is 38.1 Å². The number of hydrogen-bond acceptors (Lipinski definition) is 7. The molecule has 0 spiro atoms. The summed E-state index contributed by atoms with van der Waals surface area (Å²) in [7, 11) is 2.87. The smallest absolute Gasteiger partial charge is 0.241 e. The Hall–Kier alpha value is -3.92. The number of rotatable bonds is 4. The highest BCUT2D eigenvalue weighted by Gasteiger charge is 2.68. The van der Waals surface area contributed by atoms with Gasteiger partial charge in [-0.3, -0.25) is 24.1 Å². The molecule has 2 aromatic rings. The average molecular weight is 625 g/mol. The number of amides is 4. The molecule has 6 unspecified atom stereocenters. The van der Waals surface area contributed by atoms with Crippen LogP contribution in [0.3, 0.4) is 0 Å². The lowest BCUT2D eigenvalue weighted by atomic mass is 9.51. The molecule has 232 valence electrons. The van der Waals surface area contributed by atoms with Crippen LogP contribution in [0.4, 0.5) is 10.1 Å². The van der Waals surface area contributed by atoms with Crippen LogP contribution in [0.1, 0.15) is 52.0 Å². The summed E-state index contributed by atoms with van der Waals surface area (Å²) in [4.78, 5) is 58.8. The van der Waals surface area contributed by atoms with E-state index in [4.69, 9.17) is 21.1 Å². The van der Waals surface area contributed by atoms with E-state index in [0.29, 0.717) is 11.3 Å². The number of imide groups is 2. The van der Waals surface area contributed by atoms with E-state index in [-0.39, 0.29) is 52.4 Å². The fourth-order valence-corrected chi connectivity index (χ4v) is 8.19. The van der Waals surface area contributed by atoms with Gasteiger partial charge in [-0.25, -0.2) is 9.29 Å². The Kier molecular flexibility index (Phi) is 6.88. The molecule has 2 heterocycles. The van der Waals surface area contributed by atoms with Crippen LogP contribution in [0.5, 0.6) is 17.2 Å².